The number of alkyl halides is 1. The van der Waals surface area contributed by atoms with Crippen molar-refractivity contribution in [3.63, 3.8) is 0 Å². The molecule has 1 rings (SSSR count). The van der Waals surface area contributed by atoms with Crippen LogP contribution in [0.15, 0.2) is 18.2 Å². The Morgan fingerprint density at radius 2 is 2.14 bits per heavy atom. The number of carbonyl (C=O) groups is 1. The fourth-order valence-corrected chi connectivity index (χ4v) is 1.15. The average Bonchev–Trinajstić information content (AvgIpc) is 2.11. The van der Waals surface area contributed by atoms with E-state index in [1.54, 1.807) is 19.1 Å². The molecule has 1 N–H and O–H groups in total. The quantitative estimate of drug-likeness (QED) is 0.779. The molecule has 0 radical (unpaired) electrons. The number of rotatable bonds is 2. The van der Waals surface area contributed by atoms with E-state index in [0.29, 0.717) is 10.7 Å². The molecule has 0 heterocycles. The van der Waals surface area contributed by atoms with Gasteiger partial charge in [-0.1, -0.05) is 17.7 Å². The van der Waals surface area contributed by atoms with Crippen molar-refractivity contribution < 1.29 is 4.79 Å². The van der Waals surface area contributed by atoms with Crippen molar-refractivity contribution in [1.82, 2.24) is 0 Å². The maximum absolute atomic E-state index is 11.2. The molecule has 0 aromatic heterocycles. The number of benzene rings is 1. The summed E-state index contributed by atoms with van der Waals surface area (Å²) in [4.78, 5) is 11.2. The van der Waals surface area contributed by atoms with Crippen LogP contribution in [0, 0.1) is 6.92 Å². The molecule has 1 atom stereocenters. The SMILES string of the molecule is Cc1ccc(NC(=O)[C@@H](C)Cl)cc1Cl. The number of aryl methyl sites for hydroxylation is 1. The van der Waals surface area contributed by atoms with E-state index in [2.05, 4.69) is 5.32 Å². The van der Waals surface area contributed by atoms with Crippen molar-refractivity contribution in [2.45, 2.75) is 19.2 Å². The summed E-state index contributed by atoms with van der Waals surface area (Å²) in [6.07, 6.45) is 0. The first-order valence-corrected chi connectivity index (χ1v) is 5.03. The fraction of sp³-hybridized carbons (Fsp3) is 0.300. The maximum Gasteiger partial charge on any atom is 0.242 e. The van der Waals surface area contributed by atoms with Gasteiger partial charge in [-0.25, -0.2) is 0 Å². The van der Waals surface area contributed by atoms with E-state index in [9.17, 15) is 4.79 Å². The van der Waals surface area contributed by atoms with Crippen molar-refractivity contribution in [3.8, 4) is 0 Å². The first-order chi connectivity index (χ1) is 6.50. The summed E-state index contributed by atoms with van der Waals surface area (Å²) in [6, 6.07) is 5.34. The highest BCUT2D eigenvalue weighted by Gasteiger charge is 2.09. The predicted octanol–water partition coefficient (Wildman–Crippen LogP) is 3.21. The molecule has 0 fully saturated rings. The number of amides is 1. The van der Waals surface area contributed by atoms with Gasteiger partial charge in [0, 0.05) is 10.7 Å². The molecular formula is C10H11Cl2NO. The van der Waals surface area contributed by atoms with Gasteiger partial charge in [-0.15, -0.1) is 11.6 Å². The van der Waals surface area contributed by atoms with Gasteiger partial charge in [-0.2, -0.15) is 0 Å². The summed E-state index contributed by atoms with van der Waals surface area (Å²) in [5.41, 5.74) is 1.64. The second-order valence-corrected chi connectivity index (χ2v) is 4.13. The molecule has 0 unspecified atom stereocenters. The number of carbonyl (C=O) groups excluding carboxylic acids is 1. The Bertz CT molecular complexity index is 350. The van der Waals surface area contributed by atoms with Crippen LogP contribution in [0.4, 0.5) is 5.69 Å². The van der Waals surface area contributed by atoms with Gasteiger partial charge in [0.1, 0.15) is 5.38 Å². The minimum absolute atomic E-state index is 0.230. The van der Waals surface area contributed by atoms with Crippen molar-refractivity contribution >= 4 is 34.8 Å². The third-order valence-electron chi connectivity index (χ3n) is 1.80. The Balaban J connectivity index is 2.78. The fourth-order valence-electron chi connectivity index (χ4n) is 0.912. The second kappa shape index (κ2) is 4.67. The Hall–Kier alpha value is -0.730. The van der Waals surface area contributed by atoms with E-state index in [1.807, 2.05) is 13.0 Å². The largest absolute Gasteiger partial charge is 0.325 e. The lowest BCUT2D eigenvalue weighted by atomic mass is 10.2. The summed E-state index contributed by atoms with van der Waals surface area (Å²) in [5.74, 6) is -0.230. The highest BCUT2D eigenvalue weighted by Crippen LogP contribution is 2.20. The standard InChI is InChI=1S/C10H11Cl2NO/c1-6-3-4-8(5-9(6)12)13-10(14)7(2)11/h3-5,7H,1-2H3,(H,13,14)/t7-/m1/s1. The van der Waals surface area contributed by atoms with Crippen LogP contribution in [-0.2, 0) is 4.79 Å². The molecule has 0 aliphatic carbocycles. The Kier molecular flexibility index (Phi) is 3.78. The molecule has 14 heavy (non-hydrogen) atoms. The first-order valence-electron chi connectivity index (χ1n) is 4.22. The summed E-state index contributed by atoms with van der Waals surface area (Å²) in [5, 5.41) is 2.74. The zero-order chi connectivity index (χ0) is 10.7. The molecule has 0 saturated carbocycles. The minimum atomic E-state index is -0.546. The van der Waals surface area contributed by atoms with Gasteiger partial charge in [0.05, 0.1) is 0 Å². The van der Waals surface area contributed by atoms with Crippen LogP contribution >= 0.6 is 23.2 Å². The monoisotopic (exact) mass is 231 g/mol. The van der Waals surface area contributed by atoms with Crippen LogP contribution in [0.5, 0.6) is 0 Å². The topological polar surface area (TPSA) is 29.1 Å². The Morgan fingerprint density at radius 1 is 1.50 bits per heavy atom. The maximum atomic E-state index is 11.2. The van der Waals surface area contributed by atoms with E-state index >= 15 is 0 Å². The Labute approximate surface area is 93.2 Å². The minimum Gasteiger partial charge on any atom is -0.325 e. The summed E-state index contributed by atoms with van der Waals surface area (Å²) >= 11 is 11.5. The van der Waals surface area contributed by atoms with E-state index < -0.39 is 5.38 Å². The number of halogens is 2. The molecule has 0 bridgehead atoms. The van der Waals surface area contributed by atoms with Crippen LogP contribution < -0.4 is 5.32 Å². The molecule has 4 heteroatoms. The highest BCUT2D eigenvalue weighted by atomic mass is 35.5. The molecular weight excluding hydrogens is 221 g/mol. The molecule has 76 valence electrons. The lowest BCUT2D eigenvalue weighted by Crippen LogP contribution is -2.20. The molecule has 2 nitrogen and oxygen atoms in total. The van der Waals surface area contributed by atoms with Crippen LogP contribution in [0.1, 0.15) is 12.5 Å². The van der Waals surface area contributed by atoms with Crippen LogP contribution in [-0.4, -0.2) is 11.3 Å². The van der Waals surface area contributed by atoms with E-state index in [-0.39, 0.29) is 5.91 Å². The van der Waals surface area contributed by atoms with Crippen LogP contribution in [0.25, 0.3) is 0 Å². The van der Waals surface area contributed by atoms with Gasteiger partial charge >= 0.3 is 0 Å². The van der Waals surface area contributed by atoms with Gasteiger partial charge in [0.25, 0.3) is 0 Å². The number of anilines is 1. The van der Waals surface area contributed by atoms with Gasteiger partial charge in [0.2, 0.25) is 5.91 Å². The molecule has 1 amide bonds. The van der Waals surface area contributed by atoms with Crippen LogP contribution in [0.3, 0.4) is 0 Å². The van der Waals surface area contributed by atoms with Gasteiger partial charge in [-0.3, -0.25) is 4.79 Å². The van der Waals surface area contributed by atoms with E-state index in [4.69, 9.17) is 23.2 Å². The normalized spacial score (nSPS) is 12.3. The molecule has 0 saturated heterocycles. The third kappa shape index (κ3) is 2.89. The number of hydrogen-bond acceptors (Lipinski definition) is 1. The van der Waals surface area contributed by atoms with E-state index in [1.165, 1.54) is 0 Å². The van der Waals surface area contributed by atoms with Crippen molar-refractivity contribution in [1.29, 1.82) is 0 Å². The predicted molar refractivity (Wildman–Crippen MR) is 60.1 cm³/mol. The molecule has 0 aliphatic rings. The molecule has 1 aromatic rings. The lowest BCUT2D eigenvalue weighted by Gasteiger charge is -2.07. The zero-order valence-corrected chi connectivity index (χ0v) is 9.49. The van der Waals surface area contributed by atoms with Gasteiger partial charge in [0.15, 0.2) is 0 Å². The molecule has 1 aromatic carbocycles. The smallest absolute Gasteiger partial charge is 0.242 e. The molecule has 0 aliphatic heterocycles. The average molecular weight is 232 g/mol. The summed E-state index contributed by atoms with van der Waals surface area (Å²) in [6.45, 7) is 3.52. The van der Waals surface area contributed by atoms with Crippen LogP contribution in [0.2, 0.25) is 5.02 Å². The first kappa shape index (κ1) is 11.3. The number of nitrogens with one attached hydrogen (secondary N) is 1. The number of hydrogen-bond donors (Lipinski definition) is 1. The van der Waals surface area contributed by atoms with Gasteiger partial charge < -0.3 is 5.32 Å². The summed E-state index contributed by atoms with van der Waals surface area (Å²) < 4.78 is 0. The van der Waals surface area contributed by atoms with E-state index in [0.717, 1.165) is 5.56 Å². The lowest BCUT2D eigenvalue weighted by molar-refractivity contribution is -0.115. The Morgan fingerprint density at radius 3 is 2.64 bits per heavy atom. The third-order valence-corrected chi connectivity index (χ3v) is 2.41. The highest BCUT2D eigenvalue weighted by molar-refractivity contribution is 6.33. The second-order valence-electron chi connectivity index (χ2n) is 3.07. The van der Waals surface area contributed by atoms with Crippen molar-refractivity contribution in [3.05, 3.63) is 28.8 Å². The van der Waals surface area contributed by atoms with Gasteiger partial charge in [-0.05, 0) is 31.5 Å². The summed E-state index contributed by atoms with van der Waals surface area (Å²) in [7, 11) is 0. The molecule has 0 spiro atoms. The zero-order valence-electron chi connectivity index (χ0n) is 7.97. The van der Waals surface area contributed by atoms with Crippen molar-refractivity contribution in [2.24, 2.45) is 0 Å². The van der Waals surface area contributed by atoms with Crippen molar-refractivity contribution in [2.75, 3.05) is 5.32 Å².